The fraction of sp³-hybridized carbons (Fsp3) is 0.333. The highest BCUT2D eigenvalue weighted by molar-refractivity contribution is 5.35. The second kappa shape index (κ2) is 4.09. The molecule has 1 rings (SSSR count). The zero-order valence-electron chi connectivity index (χ0n) is 6.70. The van der Waals surface area contributed by atoms with Gasteiger partial charge in [-0.15, -0.1) is 0 Å². The minimum Gasteiger partial charge on any atom is -0.508 e. The first-order valence-electron chi connectivity index (χ1n) is 3.80. The van der Waals surface area contributed by atoms with Crippen LogP contribution in [0.1, 0.15) is 11.1 Å². The van der Waals surface area contributed by atoms with Crippen LogP contribution in [0.2, 0.25) is 0 Å². The second-order valence-electron chi connectivity index (χ2n) is 2.59. The SMILES string of the molecule is OCCc1ccc(CO)c(O)c1. The number of aliphatic hydroxyl groups excluding tert-OH is 2. The first-order chi connectivity index (χ1) is 5.77. The molecule has 0 spiro atoms. The van der Waals surface area contributed by atoms with Crippen molar-refractivity contribution in [1.29, 1.82) is 0 Å². The number of phenols is 1. The number of rotatable bonds is 3. The normalized spacial score (nSPS) is 10.2. The van der Waals surface area contributed by atoms with Gasteiger partial charge in [0.2, 0.25) is 0 Å². The average Bonchev–Trinajstić information content (AvgIpc) is 2.05. The summed E-state index contributed by atoms with van der Waals surface area (Å²) in [4.78, 5) is 0. The van der Waals surface area contributed by atoms with Crippen LogP contribution in [0.4, 0.5) is 0 Å². The first kappa shape index (κ1) is 9.03. The van der Waals surface area contributed by atoms with Crippen molar-refractivity contribution in [2.75, 3.05) is 6.61 Å². The zero-order chi connectivity index (χ0) is 8.97. The van der Waals surface area contributed by atoms with Gasteiger partial charge in [-0.25, -0.2) is 0 Å². The molecule has 1 aromatic rings. The molecule has 0 amide bonds. The highest BCUT2D eigenvalue weighted by Gasteiger charge is 2.00. The molecule has 0 saturated carbocycles. The average molecular weight is 168 g/mol. The summed E-state index contributed by atoms with van der Waals surface area (Å²) in [6.07, 6.45) is 0.527. The lowest BCUT2D eigenvalue weighted by Crippen LogP contribution is -1.92. The standard InChI is InChI=1S/C9H12O3/c10-4-3-7-1-2-8(6-11)9(12)5-7/h1-2,5,10-12H,3-4,6H2. The van der Waals surface area contributed by atoms with Gasteiger partial charge in [0.25, 0.3) is 0 Å². The first-order valence-corrected chi connectivity index (χ1v) is 3.80. The highest BCUT2D eigenvalue weighted by atomic mass is 16.3. The van der Waals surface area contributed by atoms with Gasteiger partial charge in [0.1, 0.15) is 5.75 Å². The van der Waals surface area contributed by atoms with Crippen molar-refractivity contribution in [2.45, 2.75) is 13.0 Å². The van der Waals surface area contributed by atoms with Gasteiger partial charge in [-0.3, -0.25) is 0 Å². The maximum atomic E-state index is 9.28. The molecular formula is C9H12O3. The van der Waals surface area contributed by atoms with E-state index in [0.717, 1.165) is 5.56 Å². The monoisotopic (exact) mass is 168 g/mol. The van der Waals surface area contributed by atoms with Crippen LogP contribution in [0.3, 0.4) is 0 Å². The number of hydrogen-bond donors (Lipinski definition) is 3. The largest absolute Gasteiger partial charge is 0.508 e. The molecule has 0 bridgehead atoms. The maximum absolute atomic E-state index is 9.28. The van der Waals surface area contributed by atoms with E-state index in [2.05, 4.69) is 0 Å². The van der Waals surface area contributed by atoms with E-state index in [9.17, 15) is 5.11 Å². The molecule has 0 fully saturated rings. The van der Waals surface area contributed by atoms with E-state index in [1.165, 1.54) is 0 Å². The highest BCUT2D eigenvalue weighted by Crippen LogP contribution is 2.18. The summed E-state index contributed by atoms with van der Waals surface area (Å²) in [6, 6.07) is 4.99. The molecule has 12 heavy (non-hydrogen) atoms. The topological polar surface area (TPSA) is 60.7 Å². The van der Waals surface area contributed by atoms with E-state index in [1.807, 2.05) is 0 Å². The van der Waals surface area contributed by atoms with Crippen molar-refractivity contribution in [1.82, 2.24) is 0 Å². The van der Waals surface area contributed by atoms with Gasteiger partial charge in [-0.05, 0) is 18.1 Å². The summed E-state index contributed by atoms with van der Waals surface area (Å²) in [6.45, 7) is -0.0941. The van der Waals surface area contributed by atoms with Gasteiger partial charge in [0.15, 0.2) is 0 Å². The molecule has 66 valence electrons. The van der Waals surface area contributed by atoms with Crippen LogP contribution in [0.15, 0.2) is 18.2 Å². The van der Waals surface area contributed by atoms with Crippen molar-refractivity contribution in [2.24, 2.45) is 0 Å². The molecule has 0 aliphatic heterocycles. The number of hydrogen-bond acceptors (Lipinski definition) is 3. The molecule has 3 N–H and O–H groups in total. The van der Waals surface area contributed by atoms with Crippen molar-refractivity contribution >= 4 is 0 Å². The van der Waals surface area contributed by atoms with Gasteiger partial charge < -0.3 is 15.3 Å². The van der Waals surface area contributed by atoms with Crippen LogP contribution in [-0.2, 0) is 13.0 Å². The summed E-state index contributed by atoms with van der Waals surface area (Å²) >= 11 is 0. The minimum absolute atomic E-state index is 0.0674. The van der Waals surface area contributed by atoms with Gasteiger partial charge in [-0.1, -0.05) is 12.1 Å². The van der Waals surface area contributed by atoms with E-state index in [4.69, 9.17) is 10.2 Å². The molecule has 0 aromatic heterocycles. The van der Waals surface area contributed by atoms with Gasteiger partial charge >= 0.3 is 0 Å². The number of aromatic hydroxyl groups is 1. The molecule has 0 aliphatic rings. The second-order valence-corrected chi connectivity index (χ2v) is 2.59. The Balaban J connectivity index is 2.86. The van der Waals surface area contributed by atoms with Crippen LogP contribution < -0.4 is 0 Å². The van der Waals surface area contributed by atoms with Crippen molar-refractivity contribution in [3.8, 4) is 5.75 Å². The Kier molecular flexibility index (Phi) is 3.08. The Morgan fingerprint density at radius 3 is 2.42 bits per heavy atom. The Morgan fingerprint density at radius 1 is 1.17 bits per heavy atom. The van der Waals surface area contributed by atoms with Crippen LogP contribution >= 0.6 is 0 Å². The molecule has 0 saturated heterocycles. The lowest BCUT2D eigenvalue weighted by atomic mass is 10.1. The minimum atomic E-state index is -0.161. The predicted octanol–water partition coefficient (Wildman–Crippen LogP) is 0.419. The third-order valence-electron chi connectivity index (χ3n) is 1.72. The van der Waals surface area contributed by atoms with E-state index < -0.39 is 0 Å². The van der Waals surface area contributed by atoms with E-state index in [0.29, 0.717) is 12.0 Å². The van der Waals surface area contributed by atoms with Crippen LogP contribution in [-0.4, -0.2) is 21.9 Å². The van der Waals surface area contributed by atoms with Crippen molar-refractivity contribution in [3.63, 3.8) is 0 Å². The molecule has 3 heteroatoms. The summed E-state index contributed by atoms with van der Waals surface area (Å²) < 4.78 is 0. The maximum Gasteiger partial charge on any atom is 0.121 e. The quantitative estimate of drug-likeness (QED) is 0.613. The lowest BCUT2D eigenvalue weighted by molar-refractivity contribution is 0.275. The fourth-order valence-corrected chi connectivity index (χ4v) is 1.03. The molecule has 1 aromatic carbocycles. The Labute approximate surface area is 70.9 Å². The molecule has 0 radical (unpaired) electrons. The molecule has 0 heterocycles. The molecule has 0 atom stereocenters. The predicted molar refractivity (Wildman–Crippen MR) is 44.8 cm³/mol. The molecule has 0 unspecified atom stereocenters. The fourth-order valence-electron chi connectivity index (χ4n) is 1.03. The third-order valence-corrected chi connectivity index (χ3v) is 1.72. The van der Waals surface area contributed by atoms with Crippen LogP contribution in [0, 0.1) is 0 Å². The Bertz CT molecular complexity index is 258. The zero-order valence-corrected chi connectivity index (χ0v) is 6.70. The molecule has 0 aliphatic carbocycles. The number of aliphatic hydroxyl groups is 2. The summed E-state index contributed by atoms with van der Waals surface area (Å²) in [5, 5.41) is 26.6. The molecule has 3 nitrogen and oxygen atoms in total. The van der Waals surface area contributed by atoms with Gasteiger partial charge in [0.05, 0.1) is 6.61 Å². The van der Waals surface area contributed by atoms with Crippen LogP contribution in [0.25, 0.3) is 0 Å². The van der Waals surface area contributed by atoms with Crippen LogP contribution in [0.5, 0.6) is 5.75 Å². The van der Waals surface area contributed by atoms with E-state index in [-0.39, 0.29) is 19.0 Å². The van der Waals surface area contributed by atoms with E-state index in [1.54, 1.807) is 18.2 Å². The summed E-state index contributed by atoms with van der Waals surface area (Å²) in [5.41, 5.74) is 1.38. The van der Waals surface area contributed by atoms with E-state index >= 15 is 0 Å². The van der Waals surface area contributed by atoms with Crippen molar-refractivity contribution < 1.29 is 15.3 Å². The van der Waals surface area contributed by atoms with Crippen molar-refractivity contribution in [3.05, 3.63) is 29.3 Å². The van der Waals surface area contributed by atoms with Gasteiger partial charge in [-0.2, -0.15) is 0 Å². The van der Waals surface area contributed by atoms with Gasteiger partial charge in [0, 0.05) is 12.2 Å². The Morgan fingerprint density at radius 2 is 1.92 bits per heavy atom. The molecular weight excluding hydrogens is 156 g/mol. The summed E-state index contributed by atoms with van der Waals surface area (Å²) in [5.74, 6) is 0.0865. The third kappa shape index (κ3) is 1.96. The smallest absolute Gasteiger partial charge is 0.121 e. The lowest BCUT2D eigenvalue weighted by Gasteiger charge is -2.03. The Hall–Kier alpha value is -1.06. The number of benzene rings is 1. The summed E-state index contributed by atoms with van der Waals surface area (Å²) in [7, 11) is 0.